The summed E-state index contributed by atoms with van der Waals surface area (Å²) in [4.78, 5) is 12.6. The molecule has 3 rings (SSSR count). The normalized spacial score (nSPS) is 12.9. The largest absolute Gasteiger partial charge is 0.507 e. The first kappa shape index (κ1) is 11.5. The van der Waals surface area contributed by atoms with Crippen LogP contribution in [-0.4, -0.2) is 17.9 Å². The number of carbonyl (C=O) groups is 1. The van der Waals surface area contributed by atoms with Gasteiger partial charge in [0.1, 0.15) is 5.75 Å². The van der Waals surface area contributed by atoms with Crippen LogP contribution in [0.25, 0.3) is 5.57 Å². The molecule has 0 saturated heterocycles. The molecular formula is C16H13NO2. The first-order valence-corrected chi connectivity index (χ1v) is 6.02. The van der Waals surface area contributed by atoms with E-state index >= 15 is 0 Å². The van der Waals surface area contributed by atoms with Gasteiger partial charge < -0.3 is 10.4 Å². The summed E-state index contributed by atoms with van der Waals surface area (Å²) in [5.41, 5.74) is 3.81. The number of phenols is 1. The van der Waals surface area contributed by atoms with E-state index in [0.717, 1.165) is 5.56 Å². The van der Waals surface area contributed by atoms with Crippen LogP contribution in [0.1, 0.15) is 27.0 Å². The van der Waals surface area contributed by atoms with Crippen LogP contribution in [-0.2, 0) is 0 Å². The van der Waals surface area contributed by atoms with E-state index in [4.69, 9.17) is 0 Å². The number of phenolic OH excluding ortho intramolecular Hbond substituents is 1. The fourth-order valence-corrected chi connectivity index (χ4v) is 2.55. The number of nitrogens with one attached hydrogen (secondary N) is 1. The zero-order chi connectivity index (χ0) is 13.6. The van der Waals surface area contributed by atoms with Crippen LogP contribution in [0.2, 0.25) is 0 Å². The highest BCUT2D eigenvalue weighted by Crippen LogP contribution is 2.42. The summed E-state index contributed by atoms with van der Waals surface area (Å²) in [6.45, 7) is 4.03. The molecule has 0 spiro atoms. The van der Waals surface area contributed by atoms with Gasteiger partial charge in [0.15, 0.2) is 5.78 Å². The van der Waals surface area contributed by atoms with Crippen molar-refractivity contribution < 1.29 is 9.90 Å². The highest BCUT2D eigenvalue weighted by Gasteiger charge is 2.30. The Bertz CT molecular complexity index is 717. The standard InChI is InChI=1S/C16H13NO2/c1-9-10-5-3-4-6-11(10)16(19)15-12(17-2)7-8-13(18)14(9)15/h3-8,17-18H,1H2,2H3. The summed E-state index contributed by atoms with van der Waals surface area (Å²) >= 11 is 0. The van der Waals surface area contributed by atoms with Crippen molar-refractivity contribution in [3.63, 3.8) is 0 Å². The molecule has 2 aromatic rings. The lowest BCUT2D eigenvalue weighted by Gasteiger charge is -2.23. The third-order valence-electron chi connectivity index (χ3n) is 3.48. The Hall–Kier alpha value is -2.55. The highest BCUT2D eigenvalue weighted by atomic mass is 16.3. The van der Waals surface area contributed by atoms with Crippen molar-refractivity contribution in [3.8, 4) is 5.75 Å². The summed E-state index contributed by atoms with van der Waals surface area (Å²) in [7, 11) is 1.75. The number of anilines is 1. The zero-order valence-corrected chi connectivity index (χ0v) is 10.5. The van der Waals surface area contributed by atoms with Crippen LogP contribution in [0, 0.1) is 0 Å². The fourth-order valence-electron chi connectivity index (χ4n) is 2.55. The molecule has 0 bridgehead atoms. The summed E-state index contributed by atoms with van der Waals surface area (Å²) < 4.78 is 0. The molecule has 2 N–H and O–H groups in total. The molecule has 0 unspecified atom stereocenters. The van der Waals surface area contributed by atoms with Crippen molar-refractivity contribution in [2.24, 2.45) is 0 Å². The van der Waals surface area contributed by atoms with Gasteiger partial charge in [0.2, 0.25) is 0 Å². The van der Waals surface area contributed by atoms with Gasteiger partial charge in [0.05, 0.1) is 5.56 Å². The van der Waals surface area contributed by atoms with Gasteiger partial charge in [-0.05, 0) is 23.3 Å². The third-order valence-corrected chi connectivity index (χ3v) is 3.48. The fraction of sp³-hybridized carbons (Fsp3) is 0.0625. The lowest BCUT2D eigenvalue weighted by molar-refractivity contribution is 0.103. The first-order chi connectivity index (χ1) is 9.15. The predicted octanol–water partition coefficient (Wildman–Crippen LogP) is 3.04. The first-order valence-electron chi connectivity index (χ1n) is 6.02. The Balaban J connectivity index is 2.38. The second kappa shape index (κ2) is 3.99. The van der Waals surface area contributed by atoms with Crippen LogP contribution >= 0.6 is 0 Å². The van der Waals surface area contributed by atoms with Gasteiger partial charge >= 0.3 is 0 Å². The maximum atomic E-state index is 12.6. The number of rotatable bonds is 1. The molecule has 94 valence electrons. The van der Waals surface area contributed by atoms with Crippen molar-refractivity contribution in [1.82, 2.24) is 0 Å². The topological polar surface area (TPSA) is 49.3 Å². The molecule has 1 aliphatic carbocycles. The van der Waals surface area contributed by atoms with Crippen molar-refractivity contribution in [2.75, 3.05) is 12.4 Å². The quantitative estimate of drug-likeness (QED) is 0.653. The Morgan fingerprint density at radius 3 is 2.42 bits per heavy atom. The predicted molar refractivity (Wildman–Crippen MR) is 75.7 cm³/mol. The molecule has 3 heteroatoms. The van der Waals surface area contributed by atoms with Crippen LogP contribution in [0.15, 0.2) is 43.0 Å². The van der Waals surface area contributed by atoms with Gasteiger partial charge in [-0.15, -0.1) is 0 Å². The molecule has 0 saturated carbocycles. The average molecular weight is 251 g/mol. The second-order valence-electron chi connectivity index (χ2n) is 4.49. The van der Waals surface area contributed by atoms with E-state index in [9.17, 15) is 9.90 Å². The van der Waals surface area contributed by atoms with Crippen molar-refractivity contribution in [2.45, 2.75) is 0 Å². The summed E-state index contributed by atoms with van der Waals surface area (Å²) in [5.74, 6) is 0.0000954. The number of benzene rings is 2. The Morgan fingerprint density at radius 2 is 1.74 bits per heavy atom. The van der Waals surface area contributed by atoms with E-state index in [-0.39, 0.29) is 11.5 Å². The smallest absolute Gasteiger partial charge is 0.196 e. The van der Waals surface area contributed by atoms with Crippen molar-refractivity contribution >= 4 is 17.0 Å². The van der Waals surface area contributed by atoms with E-state index in [1.807, 2.05) is 18.2 Å². The van der Waals surface area contributed by atoms with E-state index < -0.39 is 0 Å². The number of hydrogen-bond acceptors (Lipinski definition) is 3. The van der Waals surface area contributed by atoms with Crippen molar-refractivity contribution in [3.05, 3.63) is 65.2 Å². The van der Waals surface area contributed by atoms with Gasteiger partial charge in [0, 0.05) is 23.9 Å². The molecule has 1 aliphatic rings. The van der Waals surface area contributed by atoms with E-state index in [2.05, 4.69) is 11.9 Å². The van der Waals surface area contributed by atoms with E-state index in [0.29, 0.717) is 28.0 Å². The van der Waals surface area contributed by atoms with Gasteiger partial charge in [-0.2, -0.15) is 0 Å². The van der Waals surface area contributed by atoms with Crippen LogP contribution in [0.5, 0.6) is 5.75 Å². The maximum Gasteiger partial charge on any atom is 0.196 e. The molecule has 0 fully saturated rings. The van der Waals surface area contributed by atoms with Crippen LogP contribution in [0.3, 0.4) is 0 Å². The maximum absolute atomic E-state index is 12.6. The van der Waals surface area contributed by atoms with Gasteiger partial charge in [-0.25, -0.2) is 0 Å². The van der Waals surface area contributed by atoms with Gasteiger partial charge in [0.25, 0.3) is 0 Å². The minimum Gasteiger partial charge on any atom is -0.507 e. The van der Waals surface area contributed by atoms with Crippen LogP contribution < -0.4 is 5.32 Å². The molecule has 2 aromatic carbocycles. The second-order valence-corrected chi connectivity index (χ2v) is 4.49. The number of hydrogen-bond donors (Lipinski definition) is 2. The number of ketones is 1. The lowest BCUT2D eigenvalue weighted by Crippen LogP contribution is -2.16. The molecule has 0 radical (unpaired) electrons. The molecule has 0 amide bonds. The number of fused-ring (bicyclic) bond motifs is 2. The Morgan fingerprint density at radius 1 is 1.05 bits per heavy atom. The van der Waals surface area contributed by atoms with Crippen molar-refractivity contribution in [1.29, 1.82) is 0 Å². The zero-order valence-electron chi connectivity index (χ0n) is 10.5. The molecule has 19 heavy (non-hydrogen) atoms. The average Bonchev–Trinajstić information content (AvgIpc) is 2.44. The lowest BCUT2D eigenvalue weighted by atomic mass is 9.81. The highest BCUT2D eigenvalue weighted by molar-refractivity contribution is 6.21. The van der Waals surface area contributed by atoms with Crippen LogP contribution in [0.4, 0.5) is 5.69 Å². The minimum atomic E-state index is -0.0850. The molecule has 3 nitrogen and oxygen atoms in total. The summed E-state index contributed by atoms with van der Waals surface area (Å²) in [6.07, 6.45) is 0. The molecular weight excluding hydrogens is 238 g/mol. The molecule has 0 aromatic heterocycles. The monoisotopic (exact) mass is 251 g/mol. The minimum absolute atomic E-state index is 0.0850. The Kier molecular flexibility index (Phi) is 2.42. The molecule has 0 heterocycles. The Labute approximate surface area is 111 Å². The third kappa shape index (κ3) is 1.48. The SMILES string of the molecule is C=C1c2ccccc2C(=O)c2c(NC)ccc(O)c21. The van der Waals surface area contributed by atoms with Gasteiger partial charge in [-0.3, -0.25) is 4.79 Å². The molecule has 0 atom stereocenters. The summed E-state index contributed by atoms with van der Waals surface area (Å²) in [6, 6.07) is 10.6. The number of carbonyl (C=O) groups excluding carboxylic acids is 1. The van der Waals surface area contributed by atoms with E-state index in [1.54, 1.807) is 25.2 Å². The van der Waals surface area contributed by atoms with E-state index in [1.165, 1.54) is 0 Å². The molecule has 0 aliphatic heterocycles. The van der Waals surface area contributed by atoms with Gasteiger partial charge in [-0.1, -0.05) is 30.8 Å². The number of aromatic hydroxyl groups is 1. The summed E-state index contributed by atoms with van der Waals surface area (Å²) in [5, 5.41) is 13.0.